The predicted molar refractivity (Wildman–Crippen MR) is 380 cm³/mol. The summed E-state index contributed by atoms with van der Waals surface area (Å²) in [5.74, 6) is 34.3. The Kier molecular flexibility index (Phi) is 19.9. The van der Waals surface area contributed by atoms with Crippen LogP contribution in [0.2, 0.25) is 36.3 Å². The van der Waals surface area contributed by atoms with Crippen LogP contribution >= 0.6 is 0 Å². The van der Waals surface area contributed by atoms with Crippen molar-refractivity contribution in [2.24, 2.45) is 92.7 Å². The van der Waals surface area contributed by atoms with Crippen LogP contribution in [0.15, 0.2) is 70.9 Å². The van der Waals surface area contributed by atoms with Crippen molar-refractivity contribution in [1.29, 1.82) is 0 Å². The van der Waals surface area contributed by atoms with Gasteiger partial charge in [0, 0.05) is 18.3 Å². The van der Waals surface area contributed by atoms with E-state index < -0.39 is 22.7 Å². The zero-order valence-electron chi connectivity index (χ0n) is 59.4. The van der Waals surface area contributed by atoms with Crippen LogP contribution in [-0.4, -0.2) is 45.8 Å². The van der Waals surface area contributed by atoms with Crippen LogP contribution in [-0.2, 0) is 13.6 Å². The minimum absolute atomic E-state index is 0.134. The molecule has 0 spiro atoms. The van der Waals surface area contributed by atoms with Crippen LogP contribution in [0.1, 0.15) is 249 Å². The zero-order chi connectivity index (χ0) is 64.4. The van der Waals surface area contributed by atoms with Crippen LogP contribution in [0.25, 0.3) is 0 Å². The van der Waals surface area contributed by atoms with Gasteiger partial charge in [0.05, 0.1) is 12.2 Å². The molecule has 4 nitrogen and oxygen atoms in total. The van der Waals surface area contributed by atoms with E-state index in [1.807, 2.05) is 0 Å². The van der Waals surface area contributed by atoms with Gasteiger partial charge < -0.3 is 14.0 Å². The lowest BCUT2D eigenvalue weighted by Gasteiger charge is -2.57. The minimum atomic E-state index is -1.87. The number of allylic oxidation sites excluding steroid dienone is 6. The van der Waals surface area contributed by atoms with Crippen LogP contribution in [0, 0.1) is 140 Å². The van der Waals surface area contributed by atoms with E-state index in [0.29, 0.717) is 47.3 Å². The van der Waals surface area contributed by atoms with E-state index in [2.05, 4.69) is 180 Å². The van der Waals surface area contributed by atoms with Crippen molar-refractivity contribution in [2.45, 2.75) is 304 Å². The van der Waals surface area contributed by atoms with E-state index in [-0.39, 0.29) is 44.3 Å². The number of aliphatic hydroxyl groups excluding tert-OH is 1. The first-order chi connectivity index (χ1) is 42.3. The van der Waals surface area contributed by atoms with Gasteiger partial charge >= 0.3 is 0 Å². The molecule has 3 unspecified atom stereocenters. The number of fused-ring (bicyclic) bond motifs is 2. The Morgan fingerprint density at radius 1 is 0.578 bits per heavy atom. The molecular formula is C84H122O4Si2. The molecule has 0 aromatic carbocycles. The highest BCUT2D eigenvalue weighted by Crippen LogP contribution is 2.64. The summed E-state index contributed by atoms with van der Waals surface area (Å²) < 4.78 is 13.8. The molecule has 14 aliphatic carbocycles. The third-order valence-corrected chi connectivity index (χ3v) is 37.1. The Labute approximate surface area is 552 Å². The number of carbonyl (C=O) groups excluding carboxylic acids is 1. The summed E-state index contributed by atoms with van der Waals surface area (Å²) in [6.07, 6.45) is 43.9. The van der Waals surface area contributed by atoms with E-state index >= 15 is 0 Å². The number of rotatable bonds is 10. The molecule has 11 atom stereocenters. The summed E-state index contributed by atoms with van der Waals surface area (Å²) in [6, 6.07) is 0. The van der Waals surface area contributed by atoms with E-state index in [9.17, 15) is 9.90 Å². The second-order valence-corrected chi connectivity index (χ2v) is 46.4. The molecule has 8 bridgehead atoms. The molecule has 0 aromatic rings. The molecule has 14 fully saturated rings. The van der Waals surface area contributed by atoms with Crippen molar-refractivity contribution in [1.82, 2.24) is 0 Å². The molecule has 14 aliphatic rings. The molecule has 0 heterocycles. The van der Waals surface area contributed by atoms with Gasteiger partial charge in [-0.3, -0.25) is 4.79 Å². The summed E-state index contributed by atoms with van der Waals surface area (Å²) in [7, 11) is -3.73. The van der Waals surface area contributed by atoms with E-state index in [1.165, 1.54) is 157 Å². The third kappa shape index (κ3) is 14.7. The van der Waals surface area contributed by atoms with Crippen molar-refractivity contribution in [3.8, 4) is 47.4 Å². The lowest BCUT2D eigenvalue weighted by Crippen LogP contribution is -2.47. The van der Waals surface area contributed by atoms with Gasteiger partial charge in [-0.05, 0) is 331 Å². The number of carbonyl (C=O) groups is 1. The molecular weight excluding hydrogens is 1130 g/mol. The van der Waals surface area contributed by atoms with Gasteiger partial charge in [0.1, 0.15) is 6.10 Å². The van der Waals surface area contributed by atoms with E-state index in [1.54, 1.807) is 11.1 Å². The first kappa shape index (κ1) is 68.1. The van der Waals surface area contributed by atoms with Gasteiger partial charge in [-0.1, -0.05) is 147 Å². The molecule has 1 N–H and O–H groups in total. The zero-order valence-corrected chi connectivity index (χ0v) is 61.4. The average Bonchev–Trinajstić information content (AvgIpc) is 0.799. The monoisotopic (exact) mass is 1250 g/mol. The molecule has 14 saturated carbocycles. The highest BCUT2D eigenvalue weighted by atomic mass is 28.4. The second-order valence-electron chi connectivity index (χ2n) is 36.9. The average molecular weight is 1250 g/mol. The number of ketones is 1. The molecule has 90 heavy (non-hydrogen) atoms. The first-order valence-electron chi connectivity index (χ1n) is 37.1. The summed E-state index contributed by atoms with van der Waals surface area (Å²) >= 11 is 0. The Morgan fingerprint density at radius 2 is 0.967 bits per heavy atom. The lowest BCUT2D eigenvalue weighted by molar-refractivity contribution is -0.122. The lowest BCUT2D eigenvalue weighted by atomic mass is 9.48. The standard InChI is InChI=1S/C42H62O2Si.C42H60O2Si/c2*1-29-20-31(24-39(30(29)2)44-45(7,8)40(3,4)5)15-16-35-12-11-19-41(6)36(17-18-38(35)41)13-9-10-14-37(43)28-42-25-32-21-33(26-42)23-34(22-32)27-42/h15-16,29,32-34,36-39,43H,2,11-12,17-28H2,1,3-8H3;15-16,29,32-34,36,38-39H,2,11-12,17-28H2,1,3-8H3/b2*31-15-,35-16+/t29-,32?,33?,34?,36+,37?,38?,39-,41-,42?;29-,32?,33?,34?,36+,38?,39-,41-,42?/m11/s1. The molecule has 490 valence electrons. The van der Waals surface area contributed by atoms with Crippen molar-refractivity contribution < 1.29 is 18.8 Å². The maximum Gasteiger partial charge on any atom is 0.206 e. The summed E-state index contributed by atoms with van der Waals surface area (Å²) in [5, 5.41) is 11.3. The third-order valence-electron chi connectivity index (χ3n) is 28.2. The highest BCUT2D eigenvalue weighted by Gasteiger charge is 2.54. The van der Waals surface area contributed by atoms with Crippen molar-refractivity contribution in [2.75, 3.05) is 0 Å². The largest absolute Gasteiger partial charge is 0.410 e. The molecule has 0 aromatic heterocycles. The summed E-state index contributed by atoms with van der Waals surface area (Å²) in [6.45, 7) is 42.0. The molecule has 0 saturated heterocycles. The van der Waals surface area contributed by atoms with Gasteiger partial charge in [0.15, 0.2) is 16.6 Å². The fourth-order valence-corrected chi connectivity index (χ4v) is 24.5. The maximum absolute atomic E-state index is 13.0. The Bertz CT molecular complexity index is 3060. The van der Waals surface area contributed by atoms with Gasteiger partial charge in [-0.25, -0.2) is 0 Å². The molecule has 0 radical (unpaired) electrons. The molecule has 14 rings (SSSR count). The van der Waals surface area contributed by atoms with Crippen LogP contribution < -0.4 is 0 Å². The fourth-order valence-electron chi connectivity index (χ4n) is 21.9. The SMILES string of the molecule is C=C1[C@H](C)C/C(=C/C=C2\CCC[C@@]3(C)C2CC[C@@H]3C#CC#CC(=O)CC23CC4CC(CC(C4)C2)C3)C[C@H]1O[Si](C)(C)C(C)(C)C.C=C1[C@H](C)C/C(=C/C=C2\CCC[C@@]3(C)C2CC[C@@H]3C#CC#CC(O)CC23CC4CC(CC(C4)C2)C3)C[C@H]1O[Si](C)(C)C(C)(C)C. The van der Waals surface area contributed by atoms with Gasteiger partial charge in [-0.2, -0.15) is 0 Å². The van der Waals surface area contributed by atoms with E-state index in [0.717, 1.165) is 74.0 Å². The topological polar surface area (TPSA) is 55.8 Å². The number of aliphatic hydroxyl groups is 1. The van der Waals surface area contributed by atoms with Crippen LogP contribution in [0.5, 0.6) is 0 Å². The van der Waals surface area contributed by atoms with Crippen molar-refractivity contribution >= 4 is 22.4 Å². The molecule has 6 heteroatoms. The van der Waals surface area contributed by atoms with Gasteiger partial charge in [0.2, 0.25) is 5.78 Å². The van der Waals surface area contributed by atoms with Crippen molar-refractivity contribution in [3.63, 3.8) is 0 Å². The Hall–Kier alpha value is -3.34. The smallest absolute Gasteiger partial charge is 0.206 e. The quantitative estimate of drug-likeness (QED) is 0.103. The van der Waals surface area contributed by atoms with E-state index in [4.69, 9.17) is 8.85 Å². The van der Waals surface area contributed by atoms with Crippen LogP contribution in [0.3, 0.4) is 0 Å². The number of Topliss-reactive ketones (excluding diaryl/α,β-unsaturated/α-hetero) is 1. The summed E-state index contributed by atoms with van der Waals surface area (Å²) in [4.78, 5) is 13.0. The molecule has 0 amide bonds. The fraction of sp³-hybridized carbons (Fsp3) is 0.750. The van der Waals surface area contributed by atoms with Gasteiger partial charge in [-0.15, -0.1) is 0 Å². The van der Waals surface area contributed by atoms with Crippen LogP contribution in [0.4, 0.5) is 0 Å². The normalized spacial score (nSPS) is 41.4. The Balaban J connectivity index is 0.000000185. The minimum Gasteiger partial charge on any atom is -0.410 e. The second kappa shape index (κ2) is 26.3. The first-order valence-corrected chi connectivity index (χ1v) is 42.9. The number of hydrogen-bond donors (Lipinski definition) is 1. The highest BCUT2D eigenvalue weighted by molar-refractivity contribution is 6.74. The molecule has 0 aliphatic heterocycles. The predicted octanol–water partition coefficient (Wildman–Crippen LogP) is 21.0. The number of hydrogen-bond acceptors (Lipinski definition) is 4. The maximum atomic E-state index is 13.0. The van der Waals surface area contributed by atoms with Gasteiger partial charge in [0.25, 0.3) is 0 Å². The summed E-state index contributed by atoms with van der Waals surface area (Å²) in [5.41, 5.74) is 9.94. The Morgan fingerprint density at radius 3 is 1.37 bits per heavy atom. The van der Waals surface area contributed by atoms with Crippen molar-refractivity contribution in [3.05, 3.63) is 70.9 Å².